The molecule has 1 heterocycles. The molecule has 6 heteroatoms. The summed E-state index contributed by atoms with van der Waals surface area (Å²) in [7, 11) is 3.96. The van der Waals surface area contributed by atoms with E-state index in [4.69, 9.17) is 10.5 Å². The second kappa shape index (κ2) is 6.27. The summed E-state index contributed by atoms with van der Waals surface area (Å²) >= 11 is 0. The van der Waals surface area contributed by atoms with Gasteiger partial charge in [-0.05, 0) is 18.6 Å². The van der Waals surface area contributed by atoms with E-state index in [2.05, 4.69) is 17.0 Å². The van der Waals surface area contributed by atoms with Crippen LogP contribution in [0.1, 0.15) is 19.2 Å². The first kappa shape index (κ1) is 14.2. The summed E-state index contributed by atoms with van der Waals surface area (Å²) in [5.74, 6) is 1.48. The number of rotatable bonds is 6. The highest BCUT2D eigenvalue weighted by Gasteiger charge is 2.08. The van der Waals surface area contributed by atoms with Gasteiger partial charge in [0.1, 0.15) is 18.7 Å². The minimum absolute atomic E-state index is 0.362. The minimum atomic E-state index is 0.362. The zero-order valence-electron chi connectivity index (χ0n) is 12.2. The van der Waals surface area contributed by atoms with Crippen molar-refractivity contribution in [1.82, 2.24) is 14.8 Å². The molecule has 2 rings (SSSR count). The molecule has 0 saturated heterocycles. The van der Waals surface area contributed by atoms with E-state index in [9.17, 15) is 0 Å². The number of hydrogen-bond donors (Lipinski definition) is 1. The van der Waals surface area contributed by atoms with Gasteiger partial charge in [0.05, 0.1) is 5.69 Å². The first-order chi connectivity index (χ1) is 9.61. The molecule has 0 amide bonds. The van der Waals surface area contributed by atoms with Crippen LogP contribution in [-0.2, 0) is 13.2 Å². The second-order valence-corrected chi connectivity index (χ2v) is 4.80. The lowest BCUT2D eigenvalue weighted by atomic mass is 10.2. The maximum atomic E-state index is 5.94. The molecule has 0 unspecified atom stereocenters. The van der Waals surface area contributed by atoms with Crippen LogP contribution in [-0.4, -0.2) is 28.9 Å². The standard InChI is InChI=1S/C14H21N5O/c1-4-7-19-14(16-10-17-19)9-20-13-8-11(18(2)3)5-6-12(13)15/h5-6,8,10H,4,7,9,15H2,1-3H3. The third kappa shape index (κ3) is 3.20. The quantitative estimate of drug-likeness (QED) is 0.816. The average Bonchev–Trinajstić information content (AvgIpc) is 2.85. The fourth-order valence-electron chi connectivity index (χ4n) is 1.87. The highest BCUT2D eigenvalue weighted by molar-refractivity contribution is 5.61. The molecule has 0 aliphatic carbocycles. The smallest absolute Gasteiger partial charge is 0.164 e. The highest BCUT2D eigenvalue weighted by Crippen LogP contribution is 2.27. The van der Waals surface area contributed by atoms with Crippen molar-refractivity contribution in [2.24, 2.45) is 0 Å². The van der Waals surface area contributed by atoms with E-state index in [0.717, 1.165) is 24.5 Å². The van der Waals surface area contributed by atoms with Gasteiger partial charge in [0.25, 0.3) is 0 Å². The molecule has 0 bridgehead atoms. The van der Waals surface area contributed by atoms with E-state index in [0.29, 0.717) is 18.0 Å². The summed E-state index contributed by atoms with van der Waals surface area (Å²) in [6.45, 7) is 3.30. The predicted octanol–water partition coefficient (Wildman–Crippen LogP) is 1.92. The number of benzene rings is 1. The third-order valence-electron chi connectivity index (χ3n) is 3.00. The maximum absolute atomic E-state index is 5.94. The Labute approximate surface area is 119 Å². The summed E-state index contributed by atoms with van der Waals surface area (Å²) in [6, 6.07) is 5.74. The molecule has 0 aliphatic rings. The minimum Gasteiger partial charge on any atom is -0.483 e. The molecular formula is C14H21N5O. The molecule has 0 spiro atoms. The van der Waals surface area contributed by atoms with Crippen LogP contribution in [0.25, 0.3) is 0 Å². The Hall–Kier alpha value is -2.24. The number of aryl methyl sites for hydroxylation is 1. The molecule has 0 atom stereocenters. The molecule has 2 aromatic rings. The molecule has 2 N–H and O–H groups in total. The van der Waals surface area contributed by atoms with Crippen LogP contribution in [0.3, 0.4) is 0 Å². The van der Waals surface area contributed by atoms with Crippen LogP contribution >= 0.6 is 0 Å². The van der Waals surface area contributed by atoms with E-state index in [1.165, 1.54) is 0 Å². The van der Waals surface area contributed by atoms with Gasteiger partial charge in [-0.25, -0.2) is 9.67 Å². The van der Waals surface area contributed by atoms with Crippen molar-refractivity contribution in [3.8, 4) is 5.75 Å². The summed E-state index contributed by atoms with van der Waals surface area (Å²) in [4.78, 5) is 6.22. The van der Waals surface area contributed by atoms with Gasteiger partial charge < -0.3 is 15.4 Å². The molecule has 1 aromatic heterocycles. The van der Waals surface area contributed by atoms with Crippen molar-refractivity contribution in [2.45, 2.75) is 26.5 Å². The van der Waals surface area contributed by atoms with Gasteiger partial charge in [0.15, 0.2) is 5.82 Å². The molecule has 20 heavy (non-hydrogen) atoms. The number of ether oxygens (including phenoxy) is 1. The Balaban J connectivity index is 2.10. The van der Waals surface area contributed by atoms with Gasteiger partial charge in [-0.1, -0.05) is 6.92 Å². The Kier molecular flexibility index (Phi) is 4.45. The topological polar surface area (TPSA) is 69.2 Å². The number of nitrogens with two attached hydrogens (primary N) is 1. The largest absolute Gasteiger partial charge is 0.483 e. The van der Waals surface area contributed by atoms with Crippen molar-refractivity contribution in [2.75, 3.05) is 24.7 Å². The number of hydrogen-bond acceptors (Lipinski definition) is 5. The summed E-state index contributed by atoms with van der Waals surface area (Å²) in [6.07, 6.45) is 2.56. The number of nitrogen functional groups attached to an aromatic ring is 1. The van der Waals surface area contributed by atoms with Gasteiger partial charge in [-0.3, -0.25) is 0 Å². The van der Waals surface area contributed by atoms with E-state index < -0.39 is 0 Å². The Morgan fingerprint density at radius 3 is 2.85 bits per heavy atom. The molecule has 0 aliphatic heterocycles. The SMILES string of the molecule is CCCn1ncnc1COc1cc(N(C)C)ccc1N. The van der Waals surface area contributed by atoms with Crippen LogP contribution in [0, 0.1) is 0 Å². The number of nitrogens with zero attached hydrogens (tertiary/aromatic N) is 4. The summed E-state index contributed by atoms with van der Waals surface area (Å²) < 4.78 is 7.64. The Morgan fingerprint density at radius 1 is 1.35 bits per heavy atom. The zero-order valence-corrected chi connectivity index (χ0v) is 12.2. The van der Waals surface area contributed by atoms with Crippen LogP contribution in [0.15, 0.2) is 24.5 Å². The molecule has 1 aromatic carbocycles. The molecular weight excluding hydrogens is 254 g/mol. The van der Waals surface area contributed by atoms with Crippen molar-refractivity contribution in [3.05, 3.63) is 30.4 Å². The van der Waals surface area contributed by atoms with Gasteiger partial charge in [0.2, 0.25) is 0 Å². The van der Waals surface area contributed by atoms with E-state index in [1.807, 2.05) is 41.9 Å². The maximum Gasteiger partial charge on any atom is 0.164 e. The van der Waals surface area contributed by atoms with Gasteiger partial charge in [0, 0.05) is 32.4 Å². The van der Waals surface area contributed by atoms with Crippen molar-refractivity contribution < 1.29 is 4.74 Å². The molecule has 108 valence electrons. The van der Waals surface area contributed by atoms with Crippen LogP contribution in [0.2, 0.25) is 0 Å². The van der Waals surface area contributed by atoms with Gasteiger partial charge >= 0.3 is 0 Å². The Morgan fingerprint density at radius 2 is 2.15 bits per heavy atom. The third-order valence-corrected chi connectivity index (χ3v) is 3.00. The molecule has 6 nitrogen and oxygen atoms in total. The van der Waals surface area contributed by atoms with Crippen LogP contribution in [0.4, 0.5) is 11.4 Å². The van der Waals surface area contributed by atoms with E-state index >= 15 is 0 Å². The summed E-state index contributed by atoms with van der Waals surface area (Å²) in [5.41, 5.74) is 7.61. The molecule has 0 fully saturated rings. The summed E-state index contributed by atoms with van der Waals surface area (Å²) in [5, 5.41) is 4.17. The first-order valence-electron chi connectivity index (χ1n) is 6.68. The van der Waals surface area contributed by atoms with Crippen LogP contribution < -0.4 is 15.4 Å². The van der Waals surface area contributed by atoms with Crippen molar-refractivity contribution >= 4 is 11.4 Å². The fourth-order valence-corrected chi connectivity index (χ4v) is 1.87. The van der Waals surface area contributed by atoms with Crippen molar-refractivity contribution in [1.29, 1.82) is 0 Å². The van der Waals surface area contributed by atoms with Gasteiger partial charge in [-0.2, -0.15) is 5.10 Å². The first-order valence-corrected chi connectivity index (χ1v) is 6.68. The monoisotopic (exact) mass is 275 g/mol. The van der Waals surface area contributed by atoms with Crippen LogP contribution in [0.5, 0.6) is 5.75 Å². The van der Waals surface area contributed by atoms with E-state index in [-0.39, 0.29) is 0 Å². The van der Waals surface area contributed by atoms with E-state index in [1.54, 1.807) is 6.33 Å². The zero-order chi connectivity index (χ0) is 14.5. The molecule has 0 radical (unpaired) electrons. The molecule has 0 saturated carbocycles. The fraction of sp³-hybridized carbons (Fsp3) is 0.429. The normalized spacial score (nSPS) is 10.6. The number of anilines is 2. The second-order valence-electron chi connectivity index (χ2n) is 4.80. The van der Waals surface area contributed by atoms with Gasteiger partial charge in [-0.15, -0.1) is 0 Å². The highest BCUT2D eigenvalue weighted by atomic mass is 16.5. The average molecular weight is 275 g/mol. The lowest BCUT2D eigenvalue weighted by molar-refractivity contribution is 0.288. The predicted molar refractivity (Wildman–Crippen MR) is 79.8 cm³/mol. The number of aromatic nitrogens is 3. The Bertz CT molecular complexity index is 564. The van der Waals surface area contributed by atoms with Crippen molar-refractivity contribution in [3.63, 3.8) is 0 Å². The lowest BCUT2D eigenvalue weighted by Gasteiger charge is -2.15. The lowest BCUT2D eigenvalue weighted by Crippen LogP contribution is -2.11.